The highest BCUT2D eigenvalue weighted by molar-refractivity contribution is 6.31. The molecule has 0 aliphatic heterocycles. The molecule has 29 heavy (non-hydrogen) atoms. The maximum Gasteiger partial charge on any atom is 0.163 e. The van der Waals surface area contributed by atoms with Gasteiger partial charge >= 0.3 is 0 Å². The van der Waals surface area contributed by atoms with E-state index in [-0.39, 0.29) is 5.78 Å². The van der Waals surface area contributed by atoms with Gasteiger partial charge in [0.25, 0.3) is 0 Å². The second-order valence-electron chi connectivity index (χ2n) is 7.08. The SMILES string of the molecule is O=C(CCc1ccccc1Cl)c1ccc2c(c1)ncn2-c1ccc2[nH]ccc2c1. The quantitative estimate of drug-likeness (QED) is 0.370. The molecule has 0 saturated heterocycles. The van der Waals surface area contributed by atoms with Gasteiger partial charge in [0.1, 0.15) is 6.33 Å². The highest BCUT2D eigenvalue weighted by atomic mass is 35.5. The molecule has 0 unspecified atom stereocenters. The Morgan fingerprint density at radius 3 is 2.83 bits per heavy atom. The molecule has 3 aromatic carbocycles. The summed E-state index contributed by atoms with van der Waals surface area (Å²) in [6, 6.07) is 21.6. The third-order valence-electron chi connectivity index (χ3n) is 5.26. The van der Waals surface area contributed by atoms with Crippen molar-refractivity contribution in [3.05, 3.63) is 95.4 Å². The number of carbonyl (C=O) groups excluding carboxylic acids is 1. The number of fused-ring (bicyclic) bond motifs is 2. The topological polar surface area (TPSA) is 50.7 Å². The summed E-state index contributed by atoms with van der Waals surface area (Å²) in [4.78, 5) is 20.4. The Morgan fingerprint density at radius 1 is 1.03 bits per heavy atom. The van der Waals surface area contributed by atoms with Gasteiger partial charge in [0, 0.05) is 39.8 Å². The number of ketones is 1. The van der Waals surface area contributed by atoms with Crippen LogP contribution in [0, 0.1) is 0 Å². The highest BCUT2D eigenvalue weighted by Crippen LogP contribution is 2.24. The number of Topliss-reactive ketones (excluding diaryl/α,β-unsaturated/α-hetero) is 1. The molecule has 0 atom stereocenters. The summed E-state index contributed by atoms with van der Waals surface area (Å²) < 4.78 is 2.04. The molecule has 1 N–H and O–H groups in total. The lowest BCUT2D eigenvalue weighted by Gasteiger charge is -2.06. The van der Waals surface area contributed by atoms with Gasteiger partial charge in [0.05, 0.1) is 11.0 Å². The van der Waals surface area contributed by atoms with E-state index in [2.05, 4.69) is 28.2 Å². The Bertz CT molecular complexity index is 1350. The molecule has 0 aliphatic carbocycles. The number of rotatable bonds is 5. The van der Waals surface area contributed by atoms with E-state index in [4.69, 9.17) is 11.6 Å². The molecular weight excluding hydrogens is 382 g/mol. The molecule has 5 heteroatoms. The maximum absolute atomic E-state index is 12.7. The molecule has 0 aliphatic rings. The van der Waals surface area contributed by atoms with Gasteiger partial charge in [0.15, 0.2) is 5.78 Å². The minimum atomic E-state index is 0.0927. The van der Waals surface area contributed by atoms with Gasteiger partial charge < -0.3 is 4.98 Å². The molecule has 5 rings (SSSR count). The first kappa shape index (κ1) is 17.7. The van der Waals surface area contributed by atoms with E-state index in [1.165, 1.54) is 0 Å². The van der Waals surface area contributed by atoms with Gasteiger partial charge in [0.2, 0.25) is 0 Å². The van der Waals surface area contributed by atoms with Crippen molar-refractivity contribution in [3.63, 3.8) is 0 Å². The van der Waals surface area contributed by atoms with Gasteiger partial charge in [-0.1, -0.05) is 29.8 Å². The number of nitrogens with zero attached hydrogens (tertiary/aromatic N) is 2. The lowest BCUT2D eigenvalue weighted by molar-refractivity contribution is 0.0983. The van der Waals surface area contributed by atoms with Crippen molar-refractivity contribution in [2.45, 2.75) is 12.8 Å². The maximum atomic E-state index is 12.7. The van der Waals surface area contributed by atoms with Crippen LogP contribution < -0.4 is 0 Å². The van der Waals surface area contributed by atoms with Gasteiger partial charge in [-0.3, -0.25) is 9.36 Å². The summed E-state index contributed by atoms with van der Waals surface area (Å²) in [6.45, 7) is 0. The van der Waals surface area contributed by atoms with Crippen LogP contribution in [-0.2, 0) is 6.42 Å². The number of aromatic amines is 1. The van der Waals surface area contributed by atoms with Crippen LogP contribution in [0.1, 0.15) is 22.3 Å². The third-order valence-corrected chi connectivity index (χ3v) is 5.63. The zero-order chi connectivity index (χ0) is 19.8. The van der Waals surface area contributed by atoms with Crippen molar-refractivity contribution >= 4 is 39.3 Å². The zero-order valence-corrected chi connectivity index (χ0v) is 16.4. The Hall–Kier alpha value is -3.37. The zero-order valence-electron chi connectivity index (χ0n) is 15.6. The number of nitrogens with one attached hydrogen (secondary N) is 1. The average molecular weight is 400 g/mol. The number of carbonyl (C=O) groups is 1. The summed E-state index contributed by atoms with van der Waals surface area (Å²) >= 11 is 6.20. The molecule has 0 spiro atoms. The second kappa shape index (κ2) is 7.22. The van der Waals surface area contributed by atoms with Crippen LogP contribution in [0.3, 0.4) is 0 Å². The van der Waals surface area contributed by atoms with Crippen molar-refractivity contribution in [3.8, 4) is 5.69 Å². The predicted molar refractivity (Wildman–Crippen MR) is 117 cm³/mol. The van der Waals surface area contributed by atoms with E-state index in [1.807, 2.05) is 59.3 Å². The van der Waals surface area contributed by atoms with Crippen LogP contribution in [0.5, 0.6) is 0 Å². The Balaban J connectivity index is 1.41. The standard InChI is InChI=1S/C24H18ClN3O/c25-20-4-2-1-3-16(20)6-10-24(29)18-5-9-23-22(14-18)27-15-28(23)19-7-8-21-17(13-19)11-12-26-21/h1-5,7-9,11-15,26H,6,10H2. The lowest BCUT2D eigenvalue weighted by Crippen LogP contribution is -2.02. The molecule has 5 aromatic rings. The minimum Gasteiger partial charge on any atom is -0.361 e. The van der Waals surface area contributed by atoms with Crippen molar-refractivity contribution in [1.29, 1.82) is 0 Å². The largest absolute Gasteiger partial charge is 0.361 e. The molecular formula is C24H18ClN3O. The molecule has 0 saturated carbocycles. The van der Waals surface area contributed by atoms with Crippen molar-refractivity contribution in [2.24, 2.45) is 0 Å². The van der Waals surface area contributed by atoms with E-state index >= 15 is 0 Å². The van der Waals surface area contributed by atoms with Crippen LogP contribution >= 0.6 is 11.6 Å². The minimum absolute atomic E-state index is 0.0927. The van der Waals surface area contributed by atoms with Crippen LogP contribution in [0.25, 0.3) is 27.6 Å². The molecule has 4 nitrogen and oxygen atoms in total. The fraction of sp³-hybridized carbons (Fsp3) is 0.0833. The van der Waals surface area contributed by atoms with Crippen molar-refractivity contribution in [1.82, 2.24) is 14.5 Å². The first-order valence-electron chi connectivity index (χ1n) is 9.50. The van der Waals surface area contributed by atoms with Crippen LogP contribution in [0.2, 0.25) is 5.02 Å². The molecule has 142 valence electrons. The molecule has 0 fully saturated rings. The Kier molecular flexibility index (Phi) is 4.41. The number of H-pyrrole nitrogens is 1. The molecule has 2 heterocycles. The highest BCUT2D eigenvalue weighted by Gasteiger charge is 2.12. The van der Waals surface area contributed by atoms with E-state index in [9.17, 15) is 4.79 Å². The van der Waals surface area contributed by atoms with E-state index in [1.54, 1.807) is 6.33 Å². The number of hydrogen-bond donors (Lipinski definition) is 1. The third kappa shape index (κ3) is 3.32. The van der Waals surface area contributed by atoms with Crippen LogP contribution in [0.15, 0.2) is 79.3 Å². The number of aromatic nitrogens is 3. The molecule has 2 aromatic heterocycles. The first-order chi connectivity index (χ1) is 14.2. The number of hydrogen-bond acceptors (Lipinski definition) is 2. The predicted octanol–water partition coefficient (Wildman–Crippen LogP) is 5.98. The van der Waals surface area contributed by atoms with Crippen molar-refractivity contribution < 1.29 is 4.79 Å². The van der Waals surface area contributed by atoms with Gasteiger partial charge in [-0.2, -0.15) is 0 Å². The van der Waals surface area contributed by atoms with Crippen molar-refractivity contribution in [2.75, 3.05) is 0 Å². The summed E-state index contributed by atoms with van der Waals surface area (Å²) in [7, 11) is 0. The van der Waals surface area contributed by atoms with E-state index < -0.39 is 0 Å². The Labute approximate surface area is 172 Å². The number of benzene rings is 3. The fourth-order valence-electron chi connectivity index (χ4n) is 3.68. The summed E-state index contributed by atoms with van der Waals surface area (Å²) in [5, 5.41) is 1.85. The number of aryl methyl sites for hydroxylation is 1. The van der Waals surface area contributed by atoms with Gasteiger partial charge in [-0.15, -0.1) is 0 Å². The first-order valence-corrected chi connectivity index (χ1v) is 9.88. The van der Waals surface area contributed by atoms with Gasteiger partial charge in [-0.25, -0.2) is 4.98 Å². The van der Waals surface area contributed by atoms with Gasteiger partial charge in [-0.05, 0) is 60.5 Å². The van der Waals surface area contributed by atoms with Crippen LogP contribution in [-0.4, -0.2) is 20.3 Å². The summed E-state index contributed by atoms with van der Waals surface area (Å²) in [5.74, 6) is 0.0927. The lowest BCUT2D eigenvalue weighted by atomic mass is 10.0. The average Bonchev–Trinajstić information content (AvgIpc) is 3.38. The Morgan fingerprint density at radius 2 is 1.93 bits per heavy atom. The molecule has 0 amide bonds. The number of imidazole rings is 1. The summed E-state index contributed by atoms with van der Waals surface area (Å²) in [6.07, 6.45) is 4.78. The molecule has 0 bridgehead atoms. The van der Waals surface area contributed by atoms with E-state index in [0.717, 1.165) is 33.2 Å². The second-order valence-corrected chi connectivity index (χ2v) is 7.49. The smallest absolute Gasteiger partial charge is 0.163 e. The van der Waals surface area contributed by atoms with Crippen LogP contribution in [0.4, 0.5) is 0 Å². The molecule has 0 radical (unpaired) electrons. The fourth-order valence-corrected chi connectivity index (χ4v) is 3.91. The summed E-state index contributed by atoms with van der Waals surface area (Å²) in [5.41, 5.74) is 5.59. The monoisotopic (exact) mass is 399 g/mol. The number of halogens is 1. The normalized spacial score (nSPS) is 11.3. The van der Waals surface area contributed by atoms with E-state index in [0.29, 0.717) is 23.4 Å².